The van der Waals surface area contributed by atoms with Gasteiger partial charge in [0.2, 0.25) is 0 Å². The zero-order chi connectivity index (χ0) is 16.8. The summed E-state index contributed by atoms with van der Waals surface area (Å²) in [6, 6.07) is 8.67. The molecule has 1 aromatic carbocycles. The van der Waals surface area contributed by atoms with Crippen molar-refractivity contribution in [1.82, 2.24) is 15.1 Å². The summed E-state index contributed by atoms with van der Waals surface area (Å²) in [6.45, 7) is 3.53. The number of carbonyl (C=O) groups is 1. The molecular weight excluding hydrogens is 314 g/mol. The van der Waals surface area contributed by atoms with Crippen LogP contribution in [0.5, 0.6) is 0 Å². The molecule has 2 rings (SSSR count). The second kappa shape index (κ2) is 7.89. The highest BCUT2D eigenvalue weighted by atomic mass is 35.5. The Hall–Kier alpha value is -2.18. The number of aromatic nitrogens is 2. The van der Waals surface area contributed by atoms with Crippen molar-refractivity contribution in [3.05, 3.63) is 46.6 Å². The van der Waals surface area contributed by atoms with E-state index >= 15 is 0 Å². The van der Waals surface area contributed by atoms with Crippen LogP contribution < -0.4 is 10.6 Å². The van der Waals surface area contributed by atoms with Crippen LogP contribution in [0.3, 0.4) is 0 Å². The molecule has 0 spiro atoms. The van der Waals surface area contributed by atoms with E-state index in [4.69, 9.17) is 11.6 Å². The van der Waals surface area contributed by atoms with Gasteiger partial charge in [0.15, 0.2) is 5.69 Å². The lowest BCUT2D eigenvalue weighted by atomic mass is 10.2. The van der Waals surface area contributed by atoms with E-state index in [-0.39, 0.29) is 11.6 Å². The fourth-order valence-corrected chi connectivity index (χ4v) is 2.14. The van der Waals surface area contributed by atoms with Crippen molar-refractivity contribution in [2.24, 2.45) is 0 Å². The van der Waals surface area contributed by atoms with Crippen molar-refractivity contribution in [3.63, 3.8) is 0 Å². The van der Waals surface area contributed by atoms with Crippen LogP contribution in [-0.4, -0.2) is 48.2 Å². The van der Waals surface area contributed by atoms with Crippen LogP contribution in [0.1, 0.15) is 16.1 Å². The zero-order valence-corrected chi connectivity index (χ0v) is 14.2. The molecule has 0 aliphatic carbocycles. The molecule has 0 saturated carbocycles. The van der Waals surface area contributed by atoms with Crippen molar-refractivity contribution in [2.75, 3.05) is 37.8 Å². The van der Waals surface area contributed by atoms with E-state index in [1.54, 1.807) is 30.3 Å². The molecule has 0 unspecified atom stereocenters. The molecule has 6 nitrogen and oxygen atoms in total. The zero-order valence-electron chi connectivity index (χ0n) is 13.4. The average Bonchev–Trinajstić information content (AvgIpc) is 2.50. The van der Waals surface area contributed by atoms with Crippen molar-refractivity contribution in [3.8, 4) is 0 Å². The van der Waals surface area contributed by atoms with E-state index in [1.807, 2.05) is 21.0 Å². The molecule has 0 saturated heterocycles. The molecule has 0 aliphatic heterocycles. The molecule has 0 bridgehead atoms. The molecule has 0 fully saturated rings. The topological polar surface area (TPSA) is 70.2 Å². The van der Waals surface area contributed by atoms with Gasteiger partial charge in [-0.25, -0.2) is 0 Å². The molecule has 1 heterocycles. The average molecular weight is 334 g/mol. The number of likely N-dealkylation sites (N-methyl/N-ethyl adjacent to an activating group) is 1. The predicted octanol–water partition coefficient (Wildman–Crippen LogP) is 2.66. The maximum atomic E-state index is 12.2. The number of hydrogen-bond acceptors (Lipinski definition) is 5. The Balaban J connectivity index is 1.97. The minimum Gasteiger partial charge on any atom is -0.367 e. The second-order valence-electron chi connectivity index (χ2n) is 5.45. The molecule has 122 valence electrons. The number of halogens is 1. The number of benzene rings is 1. The Bertz CT molecular complexity index is 673. The highest BCUT2D eigenvalue weighted by Crippen LogP contribution is 2.20. The number of rotatable bonds is 6. The Morgan fingerprint density at radius 1 is 1.22 bits per heavy atom. The van der Waals surface area contributed by atoms with E-state index in [1.165, 1.54) is 0 Å². The quantitative estimate of drug-likeness (QED) is 0.850. The number of hydrogen-bond donors (Lipinski definition) is 2. The first kappa shape index (κ1) is 17.2. The monoisotopic (exact) mass is 333 g/mol. The SMILES string of the molecule is Cc1cc(Cl)ccc1NC(=O)c1ccc(NCCN(C)C)nn1. The summed E-state index contributed by atoms with van der Waals surface area (Å²) in [5, 5.41) is 14.6. The van der Waals surface area contributed by atoms with Crippen molar-refractivity contribution in [2.45, 2.75) is 6.92 Å². The van der Waals surface area contributed by atoms with Gasteiger partial charge in [0, 0.05) is 23.8 Å². The first-order valence-corrected chi connectivity index (χ1v) is 7.63. The fourth-order valence-electron chi connectivity index (χ4n) is 1.91. The smallest absolute Gasteiger partial charge is 0.276 e. The van der Waals surface area contributed by atoms with Crippen LogP contribution in [0.25, 0.3) is 0 Å². The van der Waals surface area contributed by atoms with E-state index in [0.717, 1.165) is 18.7 Å². The van der Waals surface area contributed by atoms with Crippen molar-refractivity contribution >= 4 is 29.0 Å². The molecule has 1 aromatic heterocycles. The van der Waals surface area contributed by atoms with Crippen LogP contribution in [0, 0.1) is 6.92 Å². The maximum Gasteiger partial charge on any atom is 0.276 e. The van der Waals surface area contributed by atoms with E-state index in [2.05, 4.69) is 25.7 Å². The largest absolute Gasteiger partial charge is 0.367 e. The molecule has 7 heteroatoms. The fraction of sp³-hybridized carbons (Fsp3) is 0.312. The van der Waals surface area contributed by atoms with Crippen LogP contribution >= 0.6 is 11.6 Å². The van der Waals surface area contributed by atoms with Crippen LogP contribution in [0.15, 0.2) is 30.3 Å². The number of amides is 1. The summed E-state index contributed by atoms with van der Waals surface area (Å²) in [4.78, 5) is 14.3. The molecular formula is C16H20ClN5O. The second-order valence-corrected chi connectivity index (χ2v) is 5.88. The molecule has 0 aliphatic rings. The molecule has 0 radical (unpaired) electrons. The number of carbonyl (C=O) groups excluding carboxylic acids is 1. The number of nitrogens with zero attached hydrogens (tertiary/aromatic N) is 3. The van der Waals surface area contributed by atoms with Crippen LogP contribution in [-0.2, 0) is 0 Å². The highest BCUT2D eigenvalue weighted by Gasteiger charge is 2.10. The van der Waals surface area contributed by atoms with Gasteiger partial charge >= 0.3 is 0 Å². The lowest BCUT2D eigenvalue weighted by molar-refractivity contribution is 0.102. The third kappa shape index (κ3) is 5.19. The lowest BCUT2D eigenvalue weighted by Gasteiger charge is -2.11. The summed E-state index contributed by atoms with van der Waals surface area (Å²) in [5.41, 5.74) is 1.85. The molecule has 23 heavy (non-hydrogen) atoms. The van der Waals surface area contributed by atoms with E-state index < -0.39 is 0 Å². The van der Waals surface area contributed by atoms with Gasteiger partial charge < -0.3 is 15.5 Å². The van der Waals surface area contributed by atoms with Crippen molar-refractivity contribution in [1.29, 1.82) is 0 Å². The van der Waals surface area contributed by atoms with Gasteiger partial charge in [0.25, 0.3) is 5.91 Å². The third-order valence-electron chi connectivity index (χ3n) is 3.20. The Morgan fingerprint density at radius 3 is 2.61 bits per heavy atom. The van der Waals surface area contributed by atoms with E-state index in [9.17, 15) is 4.79 Å². The van der Waals surface area contributed by atoms with Gasteiger partial charge in [-0.15, -0.1) is 10.2 Å². The van der Waals surface area contributed by atoms with Crippen LogP contribution in [0.4, 0.5) is 11.5 Å². The first-order chi connectivity index (χ1) is 11.0. The highest BCUT2D eigenvalue weighted by molar-refractivity contribution is 6.30. The Morgan fingerprint density at radius 2 is 2.00 bits per heavy atom. The minimum absolute atomic E-state index is 0.262. The minimum atomic E-state index is -0.303. The summed E-state index contributed by atoms with van der Waals surface area (Å²) < 4.78 is 0. The molecule has 2 N–H and O–H groups in total. The predicted molar refractivity (Wildman–Crippen MR) is 93.2 cm³/mol. The van der Waals surface area contributed by atoms with Gasteiger partial charge in [-0.3, -0.25) is 4.79 Å². The van der Waals surface area contributed by atoms with Gasteiger partial charge in [0.05, 0.1) is 0 Å². The van der Waals surface area contributed by atoms with Gasteiger partial charge in [-0.2, -0.15) is 0 Å². The standard InChI is InChI=1S/C16H20ClN5O/c1-11-10-12(17)4-5-13(11)19-16(23)14-6-7-15(21-20-14)18-8-9-22(2)3/h4-7,10H,8-9H2,1-3H3,(H,18,21)(H,19,23). The summed E-state index contributed by atoms with van der Waals surface area (Å²) in [7, 11) is 4.00. The van der Waals surface area contributed by atoms with Gasteiger partial charge in [-0.1, -0.05) is 11.6 Å². The van der Waals surface area contributed by atoms with Crippen LogP contribution in [0.2, 0.25) is 5.02 Å². The molecule has 2 aromatic rings. The molecule has 1 amide bonds. The number of nitrogens with one attached hydrogen (secondary N) is 2. The Labute approximate surface area is 140 Å². The normalized spacial score (nSPS) is 10.7. The van der Waals surface area contributed by atoms with Crippen molar-refractivity contribution < 1.29 is 4.79 Å². The van der Waals surface area contributed by atoms with Gasteiger partial charge in [-0.05, 0) is 56.9 Å². The first-order valence-electron chi connectivity index (χ1n) is 7.25. The number of aryl methyl sites for hydroxylation is 1. The summed E-state index contributed by atoms with van der Waals surface area (Å²) in [5.74, 6) is 0.342. The van der Waals surface area contributed by atoms with E-state index in [0.29, 0.717) is 16.5 Å². The number of anilines is 2. The Kier molecular flexibility index (Phi) is 5.90. The lowest BCUT2D eigenvalue weighted by Crippen LogP contribution is -2.21. The summed E-state index contributed by atoms with van der Waals surface area (Å²) >= 11 is 5.90. The summed E-state index contributed by atoms with van der Waals surface area (Å²) in [6.07, 6.45) is 0. The molecule has 0 atom stereocenters. The van der Waals surface area contributed by atoms with Gasteiger partial charge in [0.1, 0.15) is 5.82 Å². The third-order valence-corrected chi connectivity index (χ3v) is 3.43. The maximum absolute atomic E-state index is 12.2.